The van der Waals surface area contributed by atoms with E-state index in [1.54, 1.807) is 0 Å². The van der Waals surface area contributed by atoms with Gasteiger partial charge in [0, 0.05) is 0 Å². The Bertz CT molecular complexity index is 173. The molecule has 0 radical (unpaired) electrons. The van der Waals surface area contributed by atoms with E-state index in [1.165, 1.54) is 6.20 Å². The van der Waals surface area contributed by atoms with Crippen molar-refractivity contribution in [3.05, 3.63) is 11.4 Å². The van der Waals surface area contributed by atoms with Crippen molar-refractivity contribution in [1.29, 1.82) is 0 Å². The van der Waals surface area contributed by atoms with E-state index in [2.05, 4.69) is 10.4 Å². The van der Waals surface area contributed by atoms with Gasteiger partial charge < -0.3 is 5.73 Å². The third-order valence-electron chi connectivity index (χ3n) is 0.717. The zero-order valence-corrected chi connectivity index (χ0v) is 5.26. The lowest BCUT2D eigenvalue weighted by Gasteiger charge is -2.18. The standard InChI is InChI=1S/C3H6ClN5/c4-2-1-9(6)8-3(5)7-2/h1H,6H2,(H3,5,7,8). The summed E-state index contributed by atoms with van der Waals surface area (Å²) in [4.78, 5) is 3.62. The van der Waals surface area contributed by atoms with Crippen LogP contribution in [-0.4, -0.2) is 11.1 Å². The quantitative estimate of drug-likeness (QED) is 0.304. The second-order valence-electron chi connectivity index (χ2n) is 1.47. The SMILES string of the molecule is NC1=NC(Cl)=CN(N)N1. The van der Waals surface area contributed by atoms with Crippen molar-refractivity contribution in [2.24, 2.45) is 16.6 Å². The average molecular weight is 148 g/mol. The molecule has 0 aromatic carbocycles. The monoisotopic (exact) mass is 147 g/mol. The van der Waals surface area contributed by atoms with Crippen molar-refractivity contribution < 1.29 is 0 Å². The van der Waals surface area contributed by atoms with Crippen molar-refractivity contribution in [2.75, 3.05) is 0 Å². The molecule has 0 atom stereocenters. The van der Waals surface area contributed by atoms with Crippen molar-refractivity contribution >= 4 is 17.6 Å². The molecule has 0 bridgehead atoms. The Morgan fingerprint density at radius 1 is 1.78 bits per heavy atom. The summed E-state index contributed by atoms with van der Waals surface area (Å²) in [5, 5.41) is 1.39. The summed E-state index contributed by atoms with van der Waals surface area (Å²) in [6.45, 7) is 0. The first-order valence-electron chi connectivity index (χ1n) is 2.20. The number of hydrazine groups is 2. The predicted octanol–water partition coefficient (Wildman–Crippen LogP) is -0.967. The van der Waals surface area contributed by atoms with Crippen LogP contribution in [0.4, 0.5) is 0 Å². The van der Waals surface area contributed by atoms with E-state index in [0.717, 1.165) is 5.12 Å². The van der Waals surface area contributed by atoms with Gasteiger partial charge in [0.2, 0.25) is 5.96 Å². The van der Waals surface area contributed by atoms with E-state index in [4.69, 9.17) is 23.2 Å². The third kappa shape index (κ3) is 1.48. The summed E-state index contributed by atoms with van der Waals surface area (Å²) in [6, 6.07) is 0. The molecule has 0 aromatic rings. The molecule has 0 saturated carbocycles. The first-order chi connectivity index (χ1) is 4.18. The Hall–Kier alpha value is -0.940. The number of rotatable bonds is 0. The second kappa shape index (κ2) is 2.12. The van der Waals surface area contributed by atoms with E-state index in [9.17, 15) is 0 Å². The normalized spacial score (nSPS) is 18.2. The van der Waals surface area contributed by atoms with Crippen molar-refractivity contribution in [3.63, 3.8) is 0 Å². The van der Waals surface area contributed by atoms with Gasteiger partial charge in [-0.25, -0.2) is 16.0 Å². The molecule has 50 valence electrons. The van der Waals surface area contributed by atoms with Gasteiger partial charge in [0.25, 0.3) is 0 Å². The lowest BCUT2D eigenvalue weighted by molar-refractivity contribution is 0.339. The Kier molecular flexibility index (Phi) is 1.46. The van der Waals surface area contributed by atoms with Crippen molar-refractivity contribution in [2.45, 2.75) is 0 Å². The molecule has 0 spiro atoms. The molecule has 5 nitrogen and oxygen atoms in total. The van der Waals surface area contributed by atoms with Crippen molar-refractivity contribution in [1.82, 2.24) is 10.5 Å². The summed E-state index contributed by atoms with van der Waals surface area (Å²) in [5.41, 5.74) is 7.70. The number of nitrogens with zero attached hydrogens (tertiary/aromatic N) is 2. The van der Waals surface area contributed by atoms with Crippen LogP contribution in [0.25, 0.3) is 0 Å². The van der Waals surface area contributed by atoms with Crippen LogP contribution in [0.5, 0.6) is 0 Å². The fraction of sp³-hybridized carbons (Fsp3) is 0. The van der Waals surface area contributed by atoms with Gasteiger partial charge in [0.15, 0.2) is 5.16 Å². The van der Waals surface area contributed by atoms with Crippen LogP contribution in [-0.2, 0) is 0 Å². The van der Waals surface area contributed by atoms with Gasteiger partial charge in [-0.2, -0.15) is 0 Å². The molecular weight excluding hydrogens is 142 g/mol. The first-order valence-corrected chi connectivity index (χ1v) is 2.58. The molecule has 0 saturated heterocycles. The molecule has 9 heavy (non-hydrogen) atoms. The summed E-state index contributed by atoms with van der Waals surface area (Å²) >= 11 is 5.44. The number of guanidine groups is 1. The minimum absolute atomic E-state index is 0.185. The average Bonchev–Trinajstić information content (AvgIpc) is 1.59. The van der Waals surface area contributed by atoms with Crippen LogP contribution in [0.15, 0.2) is 16.3 Å². The molecule has 1 aliphatic heterocycles. The molecule has 1 aliphatic rings. The topological polar surface area (TPSA) is 79.7 Å². The fourth-order valence-corrected chi connectivity index (χ4v) is 0.644. The summed E-state index contributed by atoms with van der Waals surface area (Å²) in [6.07, 6.45) is 1.40. The van der Waals surface area contributed by atoms with Crippen LogP contribution in [0.1, 0.15) is 0 Å². The minimum Gasteiger partial charge on any atom is -0.368 e. The number of halogens is 1. The van der Waals surface area contributed by atoms with Gasteiger partial charge in [-0.3, -0.25) is 5.43 Å². The fourth-order valence-electron chi connectivity index (χ4n) is 0.448. The molecule has 0 unspecified atom stereocenters. The van der Waals surface area contributed by atoms with Gasteiger partial charge >= 0.3 is 0 Å². The maximum atomic E-state index is 5.44. The largest absolute Gasteiger partial charge is 0.368 e. The number of aliphatic imine (C=N–C) groups is 1. The highest BCUT2D eigenvalue weighted by molar-refractivity contribution is 6.30. The van der Waals surface area contributed by atoms with Gasteiger partial charge in [0.05, 0.1) is 6.20 Å². The van der Waals surface area contributed by atoms with Crippen LogP contribution in [0.2, 0.25) is 0 Å². The molecule has 0 fully saturated rings. The van der Waals surface area contributed by atoms with E-state index in [1.807, 2.05) is 0 Å². The summed E-state index contributed by atoms with van der Waals surface area (Å²) in [7, 11) is 0. The molecule has 0 amide bonds. The summed E-state index contributed by atoms with van der Waals surface area (Å²) in [5.74, 6) is 5.40. The van der Waals surface area contributed by atoms with Gasteiger partial charge in [-0.1, -0.05) is 11.6 Å². The maximum absolute atomic E-state index is 5.44. The molecular formula is C3H6ClN5. The van der Waals surface area contributed by atoms with Crippen LogP contribution in [0.3, 0.4) is 0 Å². The highest BCUT2D eigenvalue weighted by atomic mass is 35.5. The van der Waals surface area contributed by atoms with E-state index >= 15 is 0 Å². The van der Waals surface area contributed by atoms with Crippen LogP contribution < -0.4 is 17.0 Å². The maximum Gasteiger partial charge on any atom is 0.215 e. The molecule has 0 aliphatic carbocycles. The zero-order valence-electron chi connectivity index (χ0n) is 4.50. The first kappa shape index (κ1) is 6.18. The van der Waals surface area contributed by atoms with Crippen LogP contribution in [0, 0.1) is 0 Å². The number of nitrogens with two attached hydrogens (primary N) is 2. The lowest BCUT2D eigenvalue weighted by atomic mass is 10.8. The van der Waals surface area contributed by atoms with Gasteiger partial charge in [-0.05, 0) is 0 Å². The minimum atomic E-state index is 0.185. The Labute approximate surface area is 56.9 Å². The molecule has 5 N–H and O–H groups in total. The summed E-state index contributed by atoms with van der Waals surface area (Å²) < 4.78 is 0. The lowest BCUT2D eigenvalue weighted by Crippen LogP contribution is -2.48. The highest BCUT2D eigenvalue weighted by Crippen LogP contribution is 2.04. The molecule has 1 rings (SSSR count). The number of hydrogen-bond acceptors (Lipinski definition) is 5. The molecule has 6 heteroatoms. The van der Waals surface area contributed by atoms with Gasteiger partial charge in [-0.15, -0.1) is 0 Å². The van der Waals surface area contributed by atoms with Crippen molar-refractivity contribution in [3.8, 4) is 0 Å². The number of nitrogens with one attached hydrogen (secondary N) is 1. The molecule has 1 heterocycles. The Balaban J connectivity index is 2.74. The van der Waals surface area contributed by atoms with E-state index in [-0.39, 0.29) is 11.1 Å². The predicted molar refractivity (Wildman–Crippen MR) is 34.7 cm³/mol. The second-order valence-corrected chi connectivity index (χ2v) is 1.86. The molecule has 0 aromatic heterocycles. The zero-order chi connectivity index (χ0) is 6.85. The van der Waals surface area contributed by atoms with Gasteiger partial charge in [0.1, 0.15) is 0 Å². The smallest absolute Gasteiger partial charge is 0.215 e. The van der Waals surface area contributed by atoms with E-state index < -0.39 is 0 Å². The third-order valence-corrected chi connectivity index (χ3v) is 0.899. The highest BCUT2D eigenvalue weighted by Gasteiger charge is 2.03. The Morgan fingerprint density at radius 3 is 2.89 bits per heavy atom. The van der Waals surface area contributed by atoms with Crippen LogP contribution >= 0.6 is 11.6 Å². The van der Waals surface area contributed by atoms with E-state index in [0.29, 0.717) is 0 Å². The Morgan fingerprint density at radius 2 is 2.44 bits per heavy atom. The number of hydrogen-bond donors (Lipinski definition) is 3.